The minimum atomic E-state index is 0.276. The van der Waals surface area contributed by atoms with Crippen LogP contribution in [0.25, 0.3) is 0 Å². The largest absolute Gasteiger partial charge is 0.370 e. The first-order valence-corrected chi connectivity index (χ1v) is 5.99. The van der Waals surface area contributed by atoms with Crippen LogP contribution in [0.2, 0.25) is 5.28 Å². The molecule has 0 atom stereocenters. The topological polar surface area (TPSA) is 37.8 Å². The highest BCUT2D eigenvalue weighted by atomic mass is 35.5. The van der Waals surface area contributed by atoms with Gasteiger partial charge in [0.25, 0.3) is 0 Å². The van der Waals surface area contributed by atoms with Gasteiger partial charge in [0.2, 0.25) is 5.28 Å². The number of benzene rings is 1. The van der Waals surface area contributed by atoms with Gasteiger partial charge in [0.15, 0.2) is 0 Å². The Balaban J connectivity index is 1.73. The number of nitrogens with one attached hydrogen (secondary N) is 1. The summed E-state index contributed by atoms with van der Waals surface area (Å²) in [5.41, 5.74) is 1.36. The van der Waals surface area contributed by atoms with Crippen molar-refractivity contribution in [1.29, 1.82) is 0 Å². The van der Waals surface area contributed by atoms with Crippen molar-refractivity contribution < 1.29 is 0 Å². The first-order valence-electron chi connectivity index (χ1n) is 5.61. The maximum Gasteiger partial charge on any atom is 0.224 e. The summed E-state index contributed by atoms with van der Waals surface area (Å²) in [6.07, 6.45) is 3.77. The molecule has 0 unspecified atom stereocenters. The fraction of sp³-hybridized carbons (Fsp3) is 0.231. The van der Waals surface area contributed by atoms with Crippen LogP contribution >= 0.6 is 11.6 Å². The smallest absolute Gasteiger partial charge is 0.224 e. The average Bonchev–Trinajstić information content (AvgIpc) is 2.36. The summed E-state index contributed by atoms with van der Waals surface area (Å²) >= 11 is 5.69. The van der Waals surface area contributed by atoms with Gasteiger partial charge >= 0.3 is 0 Å². The SMILES string of the molecule is Clc1nccc(NCCCc2ccccc2)n1. The van der Waals surface area contributed by atoms with E-state index < -0.39 is 0 Å². The Morgan fingerprint density at radius 2 is 1.94 bits per heavy atom. The van der Waals surface area contributed by atoms with E-state index in [1.807, 2.05) is 12.1 Å². The predicted octanol–water partition coefficient (Wildman–Crippen LogP) is 3.17. The second-order valence-corrected chi connectivity index (χ2v) is 4.06. The van der Waals surface area contributed by atoms with Crippen molar-refractivity contribution in [2.24, 2.45) is 0 Å². The van der Waals surface area contributed by atoms with Gasteiger partial charge in [-0.3, -0.25) is 0 Å². The maximum absolute atomic E-state index is 5.69. The first kappa shape index (κ1) is 11.9. The van der Waals surface area contributed by atoms with Crippen LogP contribution in [0.15, 0.2) is 42.6 Å². The molecule has 0 aliphatic carbocycles. The molecule has 0 saturated carbocycles. The fourth-order valence-corrected chi connectivity index (χ4v) is 1.73. The van der Waals surface area contributed by atoms with Crippen LogP contribution < -0.4 is 5.32 Å². The standard InChI is InChI=1S/C13H14ClN3/c14-13-16-10-8-12(17-13)15-9-4-7-11-5-2-1-3-6-11/h1-3,5-6,8,10H,4,7,9H2,(H,15,16,17). The van der Waals surface area contributed by atoms with E-state index in [1.165, 1.54) is 5.56 Å². The third-order valence-corrected chi connectivity index (χ3v) is 2.60. The summed E-state index contributed by atoms with van der Waals surface area (Å²) in [4.78, 5) is 7.89. The molecule has 0 amide bonds. The number of hydrogen-bond acceptors (Lipinski definition) is 3. The van der Waals surface area contributed by atoms with Gasteiger partial charge in [0.05, 0.1) is 0 Å². The van der Waals surface area contributed by atoms with Gasteiger partial charge in [-0.05, 0) is 36.1 Å². The molecule has 1 N–H and O–H groups in total. The van der Waals surface area contributed by atoms with E-state index in [2.05, 4.69) is 39.6 Å². The minimum absolute atomic E-state index is 0.276. The molecule has 0 aliphatic heterocycles. The lowest BCUT2D eigenvalue weighted by atomic mass is 10.1. The van der Waals surface area contributed by atoms with Crippen molar-refractivity contribution in [3.8, 4) is 0 Å². The van der Waals surface area contributed by atoms with E-state index in [4.69, 9.17) is 11.6 Å². The van der Waals surface area contributed by atoms with E-state index in [0.717, 1.165) is 25.2 Å². The van der Waals surface area contributed by atoms with Gasteiger partial charge in [-0.15, -0.1) is 0 Å². The third-order valence-electron chi connectivity index (χ3n) is 2.42. The van der Waals surface area contributed by atoms with E-state index in [1.54, 1.807) is 6.20 Å². The number of aryl methyl sites for hydroxylation is 1. The summed E-state index contributed by atoms with van der Waals surface area (Å²) in [5, 5.41) is 3.50. The molecule has 1 aromatic carbocycles. The highest BCUT2D eigenvalue weighted by Gasteiger charge is 1.96. The van der Waals surface area contributed by atoms with Crippen molar-refractivity contribution in [2.45, 2.75) is 12.8 Å². The van der Waals surface area contributed by atoms with E-state index in [9.17, 15) is 0 Å². The van der Waals surface area contributed by atoms with Crippen LogP contribution in [0.1, 0.15) is 12.0 Å². The molecule has 0 aliphatic rings. The molecule has 0 radical (unpaired) electrons. The van der Waals surface area contributed by atoms with Crippen LogP contribution in [0, 0.1) is 0 Å². The van der Waals surface area contributed by atoms with Gasteiger partial charge in [0, 0.05) is 12.7 Å². The molecular weight excluding hydrogens is 234 g/mol. The van der Waals surface area contributed by atoms with Crippen molar-refractivity contribution >= 4 is 17.4 Å². The molecule has 0 spiro atoms. The lowest BCUT2D eigenvalue weighted by Gasteiger charge is -2.05. The van der Waals surface area contributed by atoms with Gasteiger partial charge in [-0.25, -0.2) is 9.97 Å². The fourth-order valence-electron chi connectivity index (χ4n) is 1.59. The molecule has 2 aromatic rings. The number of nitrogens with zero attached hydrogens (tertiary/aromatic N) is 2. The van der Waals surface area contributed by atoms with Gasteiger partial charge in [0.1, 0.15) is 5.82 Å². The molecule has 0 fully saturated rings. The first-order chi connectivity index (χ1) is 8.34. The summed E-state index contributed by atoms with van der Waals surface area (Å²) in [7, 11) is 0. The Labute approximate surface area is 106 Å². The summed E-state index contributed by atoms with van der Waals surface area (Å²) in [6.45, 7) is 0.877. The van der Waals surface area contributed by atoms with Crippen molar-refractivity contribution in [1.82, 2.24) is 9.97 Å². The van der Waals surface area contributed by atoms with Crippen LogP contribution in [-0.4, -0.2) is 16.5 Å². The summed E-state index contributed by atoms with van der Waals surface area (Å²) < 4.78 is 0. The average molecular weight is 248 g/mol. The van der Waals surface area contributed by atoms with E-state index in [0.29, 0.717) is 0 Å². The monoisotopic (exact) mass is 247 g/mol. The highest BCUT2D eigenvalue weighted by Crippen LogP contribution is 2.07. The molecule has 3 nitrogen and oxygen atoms in total. The zero-order chi connectivity index (χ0) is 11.9. The molecule has 0 bridgehead atoms. The predicted molar refractivity (Wildman–Crippen MR) is 70.3 cm³/mol. The van der Waals surface area contributed by atoms with Crippen LogP contribution in [0.4, 0.5) is 5.82 Å². The zero-order valence-corrected chi connectivity index (χ0v) is 10.2. The molecule has 4 heteroatoms. The molecule has 17 heavy (non-hydrogen) atoms. The second kappa shape index (κ2) is 6.21. The zero-order valence-electron chi connectivity index (χ0n) is 9.44. The Morgan fingerprint density at radius 1 is 1.12 bits per heavy atom. The lowest BCUT2D eigenvalue weighted by Crippen LogP contribution is -2.04. The number of hydrogen-bond donors (Lipinski definition) is 1. The Hall–Kier alpha value is -1.61. The number of halogens is 1. The molecular formula is C13H14ClN3. The Kier molecular flexibility index (Phi) is 4.33. The maximum atomic E-state index is 5.69. The van der Waals surface area contributed by atoms with Gasteiger partial charge < -0.3 is 5.32 Å². The molecule has 1 heterocycles. The van der Waals surface area contributed by atoms with Gasteiger partial charge in [-0.1, -0.05) is 30.3 Å². The number of anilines is 1. The van der Waals surface area contributed by atoms with E-state index in [-0.39, 0.29) is 5.28 Å². The second-order valence-electron chi connectivity index (χ2n) is 3.73. The van der Waals surface area contributed by atoms with Crippen LogP contribution in [-0.2, 0) is 6.42 Å². The third kappa shape index (κ3) is 4.04. The minimum Gasteiger partial charge on any atom is -0.370 e. The quantitative estimate of drug-likeness (QED) is 0.651. The number of aromatic nitrogens is 2. The Bertz CT molecular complexity index is 459. The van der Waals surface area contributed by atoms with Crippen LogP contribution in [0.3, 0.4) is 0 Å². The summed E-state index contributed by atoms with van der Waals surface area (Å²) in [6, 6.07) is 12.3. The van der Waals surface area contributed by atoms with Crippen molar-refractivity contribution in [3.63, 3.8) is 0 Å². The molecule has 1 aromatic heterocycles. The van der Waals surface area contributed by atoms with Crippen molar-refractivity contribution in [3.05, 3.63) is 53.4 Å². The molecule has 2 rings (SSSR count). The van der Waals surface area contributed by atoms with Gasteiger partial charge in [-0.2, -0.15) is 0 Å². The highest BCUT2D eigenvalue weighted by molar-refractivity contribution is 6.28. The summed E-state index contributed by atoms with van der Waals surface area (Å²) in [5.74, 6) is 0.776. The normalized spacial score (nSPS) is 10.2. The molecule has 88 valence electrons. The Morgan fingerprint density at radius 3 is 2.71 bits per heavy atom. The molecule has 0 saturated heterocycles. The van der Waals surface area contributed by atoms with E-state index >= 15 is 0 Å². The lowest BCUT2D eigenvalue weighted by molar-refractivity contribution is 0.858. The van der Waals surface area contributed by atoms with Crippen LogP contribution in [0.5, 0.6) is 0 Å². The van der Waals surface area contributed by atoms with Crippen molar-refractivity contribution in [2.75, 3.05) is 11.9 Å². The number of rotatable bonds is 5.